The van der Waals surface area contributed by atoms with Gasteiger partial charge in [0, 0.05) is 17.5 Å². The van der Waals surface area contributed by atoms with E-state index in [2.05, 4.69) is 47.6 Å². The molecule has 114 valence electrons. The summed E-state index contributed by atoms with van der Waals surface area (Å²) in [6.45, 7) is 9.98. The first-order valence-corrected chi connectivity index (χ1v) is 7.99. The van der Waals surface area contributed by atoms with Gasteiger partial charge < -0.3 is 5.32 Å². The number of rotatable bonds is 6. The number of benzene rings is 1. The third-order valence-corrected chi connectivity index (χ3v) is 4.36. The van der Waals surface area contributed by atoms with E-state index in [9.17, 15) is 4.79 Å². The maximum absolute atomic E-state index is 11.8. The van der Waals surface area contributed by atoms with Crippen LogP contribution in [0.3, 0.4) is 0 Å². The van der Waals surface area contributed by atoms with E-state index in [0.29, 0.717) is 5.16 Å². The number of aromatic amines is 1. The Bertz CT molecular complexity index is 660. The Balaban J connectivity index is 2.22. The molecular formula is C15H22N4OS. The maximum Gasteiger partial charge on any atom is 0.344 e. The van der Waals surface area contributed by atoms with Gasteiger partial charge in [0.05, 0.1) is 0 Å². The van der Waals surface area contributed by atoms with Gasteiger partial charge >= 0.3 is 5.69 Å². The average Bonchev–Trinajstić information content (AvgIpc) is 2.80. The van der Waals surface area contributed by atoms with Gasteiger partial charge in [0.2, 0.25) is 0 Å². The van der Waals surface area contributed by atoms with Crippen LogP contribution in [-0.4, -0.2) is 21.3 Å². The Hall–Kier alpha value is -1.53. The first kappa shape index (κ1) is 15.9. The van der Waals surface area contributed by atoms with E-state index in [1.165, 1.54) is 22.9 Å². The highest BCUT2D eigenvalue weighted by Crippen LogP contribution is 2.29. The van der Waals surface area contributed by atoms with Crippen molar-refractivity contribution >= 4 is 11.8 Å². The summed E-state index contributed by atoms with van der Waals surface area (Å²) < 4.78 is 1.68. The lowest BCUT2D eigenvalue weighted by Crippen LogP contribution is -2.19. The zero-order chi connectivity index (χ0) is 15.4. The van der Waals surface area contributed by atoms with Crippen molar-refractivity contribution in [3.05, 3.63) is 39.8 Å². The molecule has 0 aliphatic carbocycles. The largest absolute Gasteiger partial charge is 0.344 e. The van der Waals surface area contributed by atoms with Crippen LogP contribution in [0.25, 0.3) is 0 Å². The number of hydrogen-bond donors (Lipinski definition) is 2. The van der Waals surface area contributed by atoms with Crippen LogP contribution in [0.4, 0.5) is 0 Å². The number of H-pyrrole nitrogens is 1. The van der Waals surface area contributed by atoms with E-state index in [-0.39, 0.29) is 11.7 Å². The lowest BCUT2D eigenvalue weighted by Gasteiger charge is -2.11. The number of nitrogens with one attached hydrogen (secondary N) is 2. The lowest BCUT2D eigenvalue weighted by molar-refractivity contribution is 0.534. The van der Waals surface area contributed by atoms with E-state index in [1.807, 2.05) is 13.8 Å². The fourth-order valence-electron chi connectivity index (χ4n) is 2.12. The highest BCUT2D eigenvalue weighted by atomic mass is 32.2. The minimum absolute atomic E-state index is 0.0899. The van der Waals surface area contributed by atoms with Crippen molar-refractivity contribution in [1.82, 2.24) is 20.1 Å². The zero-order valence-corrected chi connectivity index (χ0v) is 13.8. The van der Waals surface area contributed by atoms with Crippen LogP contribution >= 0.6 is 11.8 Å². The first-order valence-electron chi connectivity index (χ1n) is 7.18. The molecule has 0 amide bonds. The normalized spacial score (nSPS) is 11.3. The Labute approximate surface area is 129 Å². The van der Waals surface area contributed by atoms with Gasteiger partial charge in [-0.25, -0.2) is 9.89 Å². The second-order valence-corrected chi connectivity index (χ2v) is 6.27. The van der Waals surface area contributed by atoms with E-state index >= 15 is 0 Å². The van der Waals surface area contributed by atoms with Crippen molar-refractivity contribution < 1.29 is 0 Å². The molecule has 0 atom stereocenters. The third kappa shape index (κ3) is 3.77. The molecule has 0 radical (unpaired) electrons. The lowest BCUT2D eigenvalue weighted by atomic mass is 10.1. The molecular weight excluding hydrogens is 284 g/mol. The molecule has 2 aromatic rings. The molecule has 6 heteroatoms. The predicted molar refractivity (Wildman–Crippen MR) is 85.9 cm³/mol. The Morgan fingerprint density at radius 2 is 2.19 bits per heavy atom. The summed E-state index contributed by atoms with van der Waals surface area (Å²) in [6, 6.07) is 6.47. The molecule has 1 aromatic carbocycles. The fraction of sp³-hybridized carbons (Fsp3) is 0.467. The van der Waals surface area contributed by atoms with Crippen LogP contribution in [0.2, 0.25) is 0 Å². The summed E-state index contributed by atoms with van der Waals surface area (Å²) in [7, 11) is 0. The van der Waals surface area contributed by atoms with Crippen molar-refractivity contribution in [3.8, 4) is 0 Å². The van der Waals surface area contributed by atoms with Gasteiger partial charge in [-0.2, -0.15) is 0 Å². The van der Waals surface area contributed by atoms with Crippen LogP contribution in [0.15, 0.2) is 33.0 Å². The molecule has 0 unspecified atom stereocenters. The fourth-order valence-corrected chi connectivity index (χ4v) is 3.16. The van der Waals surface area contributed by atoms with E-state index in [4.69, 9.17) is 0 Å². The second kappa shape index (κ2) is 6.95. The number of aryl methyl sites for hydroxylation is 1. The quantitative estimate of drug-likeness (QED) is 0.861. The Morgan fingerprint density at radius 1 is 1.43 bits per heavy atom. The van der Waals surface area contributed by atoms with Gasteiger partial charge in [-0.15, -0.1) is 5.10 Å². The smallest absolute Gasteiger partial charge is 0.313 e. The number of aromatic nitrogens is 3. The first-order chi connectivity index (χ1) is 10.0. The van der Waals surface area contributed by atoms with Crippen molar-refractivity contribution in [1.29, 1.82) is 0 Å². The Morgan fingerprint density at radius 3 is 2.81 bits per heavy atom. The van der Waals surface area contributed by atoms with Gasteiger partial charge in [0.15, 0.2) is 5.16 Å². The van der Waals surface area contributed by atoms with Crippen molar-refractivity contribution in [2.75, 3.05) is 6.54 Å². The van der Waals surface area contributed by atoms with Crippen LogP contribution in [0.1, 0.15) is 37.9 Å². The van der Waals surface area contributed by atoms with Gasteiger partial charge in [-0.05, 0) is 56.3 Å². The summed E-state index contributed by atoms with van der Waals surface area (Å²) in [5, 5.41) is 10.7. The van der Waals surface area contributed by atoms with Crippen molar-refractivity contribution in [2.24, 2.45) is 0 Å². The summed E-state index contributed by atoms with van der Waals surface area (Å²) in [5.41, 5.74) is 2.30. The standard InChI is InChI=1S/C15H22N4OS/c1-5-16-9-12-6-7-13(11(4)8-12)21-15-18-17-14(20)19(15)10(2)3/h6-8,10,16H,5,9H2,1-4H3,(H,17,20). The number of nitrogens with zero attached hydrogens (tertiary/aromatic N) is 2. The van der Waals surface area contributed by atoms with Gasteiger partial charge in [0.25, 0.3) is 0 Å². The SMILES string of the molecule is CCNCc1ccc(Sc2n[nH]c(=O)n2C(C)C)c(C)c1. The van der Waals surface area contributed by atoms with Crippen molar-refractivity contribution in [2.45, 2.75) is 50.3 Å². The van der Waals surface area contributed by atoms with Gasteiger partial charge in [-0.3, -0.25) is 4.57 Å². The molecule has 0 aliphatic heterocycles. The topological polar surface area (TPSA) is 62.7 Å². The molecule has 1 heterocycles. The highest BCUT2D eigenvalue weighted by Gasteiger charge is 2.13. The van der Waals surface area contributed by atoms with E-state index in [0.717, 1.165) is 18.0 Å². The van der Waals surface area contributed by atoms with Gasteiger partial charge in [0.1, 0.15) is 0 Å². The van der Waals surface area contributed by atoms with Crippen molar-refractivity contribution in [3.63, 3.8) is 0 Å². The molecule has 5 nitrogen and oxygen atoms in total. The highest BCUT2D eigenvalue weighted by molar-refractivity contribution is 7.99. The molecule has 0 fully saturated rings. The minimum Gasteiger partial charge on any atom is -0.313 e. The second-order valence-electron chi connectivity index (χ2n) is 5.26. The van der Waals surface area contributed by atoms with Crippen LogP contribution in [-0.2, 0) is 6.54 Å². The minimum atomic E-state index is -0.158. The molecule has 1 aromatic heterocycles. The Kier molecular flexibility index (Phi) is 5.25. The van der Waals surface area contributed by atoms with Crippen LogP contribution < -0.4 is 11.0 Å². The number of hydrogen-bond acceptors (Lipinski definition) is 4. The third-order valence-electron chi connectivity index (χ3n) is 3.21. The van der Waals surface area contributed by atoms with E-state index < -0.39 is 0 Å². The maximum atomic E-state index is 11.8. The molecule has 2 N–H and O–H groups in total. The molecule has 0 spiro atoms. The zero-order valence-electron chi connectivity index (χ0n) is 12.9. The molecule has 0 saturated heterocycles. The van der Waals surface area contributed by atoms with E-state index in [1.54, 1.807) is 4.57 Å². The molecule has 0 aliphatic rings. The van der Waals surface area contributed by atoms with Crippen LogP contribution in [0.5, 0.6) is 0 Å². The summed E-state index contributed by atoms with van der Waals surface area (Å²) in [5.74, 6) is 0. The molecule has 21 heavy (non-hydrogen) atoms. The molecule has 0 bridgehead atoms. The van der Waals surface area contributed by atoms with Crippen LogP contribution in [0, 0.1) is 6.92 Å². The molecule has 2 rings (SSSR count). The summed E-state index contributed by atoms with van der Waals surface area (Å²) in [4.78, 5) is 12.9. The summed E-state index contributed by atoms with van der Waals surface area (Å²) in [6.07, 6.45) is 0. The van der Waals surface area contributed by atoms with Gasteiger partial charge in [-0.1, -0.05) is 19.1 Å². The molecule has 0 saturated carbocycles. The summed E-state index contributed by atoms with van der Waals surface area (Å²) >= 11 is 1.52. The predicted octanol–water partition coefficient (Wildman–Crippen LogP) is 2.72. The average molecular weight is 306 g/mol. The monoisotopic (exact) mass is 306 g/mol.